The third-order valence-electron chi connectivity index (χ3n) is 2.09. The molecule has 0 saturated heterocycles. The molecular formula is C9H14O2. The van der Waals surface area contributed by atoms with Crippen LogP contribution in [0.3, 0.4) is 0 Å². The van der Waals surface area contributed by atoms with Crippen LogP contribution >= 0.6 is 0 Å². The van der Waals surface area contributed by atoms with Gasteiger partial charge in [0.05, 0.1) is 13.2 Å². The highest BCUT2D eigenvalue weighted by atomic mass is 16.5. The second-order valence-corrected chi connectivity index (χ2v) is 2.83. The Hall–Kier alpha value is -0.520. The molecule has 1 rings (SSSR count). The van der Waals surface area contributed by atoms with E-state index in [0.717, 1.165) is 12.8 Å². The first-order valence-electron chi connectivity index (χ1n) is 3.94. The van der Waals surface area contributed by atoms with Crippen LogP contribution in [-0.4, -0.2) is 25.9 Å². The normalized spacial score (nSPS) is 20.4. The van der Waals surface area contributed by atoms with E-state index in [2.05, 4.69) is 5.92 Å². The average Bonchev–Trinajstić information content (AvgIpc) is 1.95. The first-order chi connectivity index (χ1) is 5.33. The first-order valence-corrected chi connectivity index (χ1v) is 3.94. The Bertz CT molecular complexity index is 153. The lowest BCUT2D eigenvalue weighted by atomic mass is 9.81. The molecule has 0 aromatic heterocycles. The van der Waals surface area contributed by atoms with Gasteiger partial charge in [-0.2, -0.15) is 0 Å². The molecule has 0 spiro atoms. The summed E-state index contributed by atoms with van der Waals surface area (Å²) in [7, 11) is 1.66. The van der Waals surface area contributed by atoms with Gasteiger partial charge in [-0.15, -0.1) is 6.42 Å². The topological polar surface area (TPSA) is 18.5 Å². The van der Waals surface area contributed by atoms with Crippen LogP contribution in [-0.2, 0) is 9.47 Å². The summed E-state index contributed by atoms with van der Waals surface area (Å²) in [5, 5.41) is 0. The summed E-state index contributed by atoms with van der Waals surface area (Å²) < 4.78 is 10.4. The van der Waals surface area contributed by atoms with Gasteiger partial charge in [0.2, 0.25) is 0 Å². The van der Waals surface area contributed by atoms with E-state index < -0.39 is 0 Å². The third kappa shape index (κ3) is 1.95. The van der Waals surface area contributed by atoms with E-state index in [-0.39, 0.29) is 5.60 Å². The van der Waals surface area contributed by atoms with Crippen molar-refractivity contribution < 1.29 is 9.47 Å². The van der Waals surface area contributed by atoms with Crippen molar-refractivity contribution in [3.05, 3.63) is 0 Å². The predicted molar refractivity (Wildman–Crippen MR) is 43.2 cm³/mol. The van der Waals surface area contributed by atoms with Crippen LogP contribution in [0.2, 0.25) is 0 Å². The van der Waals surface area contributed by atoms with Crippen LogP contribution in [0, 0.1) is 12.3 Å². The minimum atomic E-state index is -0.238. The van der Waals surface area contributed by atoms with Gasteiger partial charge in [0.15, 0.2) is 0 Å². The van der Waals surface area contributed by atoms with Crippen LogP contribution in [0.15, 0.2) is 0 Å². The summed E-state index contributed by atoms with van der Waals surface area (Å²) >= 11 is 0. The van der Waals surface area contributed by atoms with E-state index in [0.29, 0.717) is 13.2 Å². The maximum absolute atomic E-state index is 5.49. The van der Waals surface area contributed by atoms with Crippen LogP contribution in [0.5, 0.6) is 0 Å². The first kappa shape index (κ1) is 8.58. The predicted octanol–water partition coefficient (Wildman–Crippen LogP) is 1.21. The highest BCUT2D eigenvalue weighted by Gasteiger charge is 2.35. The summed E-state index contributed by atoms with van der Waals surface area (Å²) in [6, 6.07) is 0. The highest BCUT2D eigenvalue weighted by molar-refractivity contribution is 5.13. The van der Waals surface area contributed by atoms with Gasteiger partial charge >= 0.3 is 0 Å². The van der Waals surface area contributed by atoms with Crippen molar-refractivity contribution in [2.75, 3.05) is 20.3 Å². The molecule has 0 radical (unpaired) electrons. The van der Waals surface area contributed by atoms with Crippen LogP contribution in [0.4, 0.5) is 0 Å². The average molecular weight is 154 g/mol. The maximum Gasteiger partial charge on any atom is 0.128 e. The molecule has 11 heavy (non-hydrogen) atoms. The Morgan fingerprint density at radius 3 is 2.55 bits per heavy atom. The molecule has 62 valence electrons. The summed E-state index contributed by atoms with van der Waals surface area (Å²) in [5.74, 6) is 2.70. The molecule has 2 heteroatoms. The molecule has 1 aliphatic carbocycles. The Morgan fingerprint density at radius 2 is 2.18 bits per heavy atom. The number of rotatable bonds is 4. The fraction of sp³-hybridized carbons (Fsp3) is 0.778. The molecule has 0 heterocycles. The fourth-order valence-corrected chi connectivity index (χ4v) is 1.15. The van der Waals surface area contributed by atoms with Gasteiger partial charge in [0.1, 0.15) is 5.60 Å². The molecule has 0 unspecified atom stereocenters. The van der Waals surface area contributed by atoms with E-state index in [1.165, 1.54) is 6.42 Å². The number of terminal acetylenes is 1. The Balaban J connectivity index is 2.18. The van der Waals surface area contributed by atoms with Crippen molar-refractivity contribution in [2.45, 2.75) is 24.9 Å². The smallest absolute Gasteiger partial charge is 0.128 e. The van der Waals surface area contributed by atoms with E-state index in [4.69, 9.17) is 15.9 Å². The van der Waals surface area contributed by atoms with Gasteiger partial charge in [-0.1, -0.05) is 5.92 Å². The second-order valence-electron chi connectivity index (χ2n) is 2.83. The number of hydrogen-bond donors (Lipinski definition) is 0. The molecule has 2 nitrogen and oxygen atoms in total. The number of methoxy groups -OCH3 is 1. The Kier molecular flexibility index (Phi) is 2.92. The largest absolute Gasteiger partial charge is 0.382 e. The van der Waals surface area contributed by atoms with Crippen molar-refractivity contribution in [3.63, 3.8) is 0 Å². The lowest BCUT2D eigenvalue weighted by Crippen LogP contribution is -2.39. The zero-order chi connectivity index (χ0) is 8.16. The Morgan fingerprint density at radius 1 is 1.45 bits per heavy atom. The molecule has 1 aliphatic rings. The van der Waals surface area contributed by atoms with Crippen molar-refractivity contribution in [3.8, 4) is 12.3 Å². The van der Waals surface area contributed by atoms with Gasteiger partial charge in [0.25, 0.3) is 0 Å². The maximum atomic E-state index is 5.49. The van der Waals surface area contributed by atoms with Crippen molar-refractivity contribution >= 4 is 0 Å². The van der Waals surface area contributed by atoms with Gasteiger partial charge in [-0.3, -0.25) is 0 Å². The molecule has 0 atom stereocenters. The molecule has 0 aromatic carbocycles. The van der Waals surface area contributed by atoms with Crippen molar-refractivity contribution in [1.29, 1.82) is 0 Å². The number of ether oxygens (including phenoxy) is 2. The summed E-state index contributed by atoms with van der Waals surface area (Å²) in [6.07, 6.45) is 8.54. The van der Waals surface area contributed by atoms with E-state index >= 15 is 0 Å². The van der Waals surface area contributed by atoms with Crippen LogP contribution in [0.1, 0.15) is 19.3 Å². The van der Waals surface area contributed by atoms with E-state index in [1.807, 2.05) is 0 Å². The SMILES string of the molecule is C#CC1(OCCOC)CCC1. The van der Waals surface area contributed by atoms with Gasteiger partial charge in [-0.25, -0.2) is 0 Å². The third-order valence-corrected chi connectivity index (χ3v) is 2.09. The van der Waals surface area contributed by atoms with Gasteiger partial charge in [0, 0.05) is 7.11 Å². The minimum Gasteiger partial charge on any atom is -0.382 e. The zero-order valence-electron chi connectivity index (χ0n) is 6.93. The van der Waals surface area contributed by atoms with E-state index in [9.17, 15) is 0 Å². The number of hydrogen-bond acceptors (Lipinski definition) is 2. The quantitative estimate of drug-likeness (QED) is 0.447. The molecule has 1 saturated carbocycles. The zero-order valence-corrected chi connectivity index (χ0v) is 6.93. The Labute approximate surface area is 67.9 Å². The summed E-state index contributed by atoms with van der Waals surface area (Å²) in [6.45, 7) is 1.24. The summed E-state index contributed by atoms with van der Waals surface area (Å²) in [5.41, 5.74) is -0.238. The standard InChI is InChI=1S/C9H14O2/c1-3-9(5-4-6-9)11-8-7-10-2/h1H,4-8H2,2H3. The van der Waals surface area contributed by atoms with Crippen molar-refractivity contribution in [1.82, 2.24) is 0 Å². The minimum absolute atomic E-state index is 0.238. The molecule has 0 aromatic rings. The molecule has 0 N–H and O–H groups in total. The van der Waals surface area contributed by atoms with Gasteiger partial charge in [-0.05, 0) is 19.3 Å². The van der Waals surface area contributed by atoms with Gasteiger partial charge < -0.3 is 9.47 Å². The second kappa shape index (κ2) is 3.75. The van der Waals surface area contributed by atoms with Crippen LogP contribution in [0.25, 0.3) is 0 Å². The molecular weight excluding hydrogens is 140 g/mol. The molecule has 0 aliphatic heterocycles. The molecule has 1 fully saturated rings. The van der Waals surface area contributed by atoms with Crippen molar-refractivity contribution in [2.24, 2.45) is 0 Å². The lowest BCUT2D eigenvalue weighted by Gasteiger charge is -2.36. The molecule has 0 amide bonds. The molecule has 0 bridgehead atoms. The fourth-order valence-electron chi connectivity index (χ4n) is 1.15. The van der Waals surface area contributed by atoms with E-state index in [1.54, 1.807) is 7.11 Å². The monoisotopic (exact) mass is 154 g/mol. The summed E-state index contributed by atoms with van der Waals surface area (Å²) in [4.78, 5) is 0. The van der Waals surface area contributed by atoms with Crippen LogP contribution < -0.4 is 0 Å². The highest BCUT2D eigenvalue weighted by Crippen LogP contribution is 2.34. The lowest BCUT2D eigenvalue weighted by molar-refractivity contribution is -0.0697.